The summed E-state index contributed by atoms with van der Waals surface area (Å²) in [6.45, 7) is 0. The minimum atomic E-state index is -0.392. The van der Waals surface area contributed by atoms with Crippen LogP contribution < -0.4 is 16.0 Å². The second kappa shape index (κ2) is 8.03. The Kier molecular flexibility index (Phi) is 5.56. The SMILES string of the molecule is O=C(Nc1ccc(C(=O)NC2CCCC2)cc1)Nc1ccccc1Cl. The minimum absolute atomic E-state index is 0.0704. The third kappa shape index (κ3) is 4.73. The Hall–Kier alpha value is -2.53. The van der Waals surface area contributed by atoms with E-state index in [0.717, 1.165) is 12.8 Å². The van der Waals surface area contributed by atoms with Crippen LogP contribution in [0.5, 0.6) is 0 Å². The third-order valence-corrected chi connectivity index (χ3v) is 4.55. The average molecular weight is 358 g/mol. The molecule has 3 amide bonds. The number of hydrogen-bond acceptors (Lipinski definition) is 2. The summed E-state index contributed by atoms with van der Waals surface area (Å²) in [6.07, 6.45) is 4.45. The first kappa shape index (κ1) is 17.3. The molecule has 0 heterocycles. The van der Waals surface area contributed by atoms with Gasteiger partial charge < -0.3 is 16.0 Å². The van der Waals surface area contributed by atoms with Crippen molar-refractivity contribution in [1.29, 1.82) is 0 Å². The Morgan fingerprint density at radius 1 is 0.920 bits per heavy atom. The highest BCUT2D eigenvalue weighted by molar-refractivity contribution is 6.33. The number of nitrogens with one attached hydrogen (secondary N) is 3. The maximum absolute atomic E-state index is 12.2. The van der Waals surface area contributed by atoms with E-state index in [1.807, 2.05) is 0 Å². The monoisotopic (exact) mass is 357 g/mol. The van der Waals surface area contributed by atoms with Gasteiger partial charge in [0.2, 0.25) is 0 Å². The molecule has 0 bridgehead atoms. The highest BCUT2D eigenvalue weighted by Crippen LogP contribution is 2.21. The lowest BCUT2D eigenvalue weighted by Gasteiger charge is -2.12. The standard InChI is InChI=1S/C19H20ClN3O2/c20-16-7-3-4-8-17(16)23-19(25)22-15-11-9-13(10-12-15)18(24)21-14-5-1-2-6-14/h3-4,7-12,14H,1-2,5-6H2,(H,21,24)(H2,22,23,25). The molecule has 0 atom stereocenters. The summed E-state index contributed by atoms with van der Waals surface area (Å²) in [4.78, 5) is 24.2. The Morgan fingerprint density at radius 3 is 2.28 bits per heavy atom. The molecular weight excluding hydrogens is 338 g/mol. The maximum atomic E-state index is 12.2. The molecule has 1 saturated carbocycles. The first-order chi connectivity index (χ1) is 12.1. The summed E-state index contributed by atoms with van der Waals surface area (Å²) < 4.78 is 0. The topological polar surface area (TPSA) is 70.2 Å². The van der Waals surface area contributed by atoms with Crippen LogP contribution in [0.1, 0.15) is 36.0 Å². The smallest absolute Gasteiger partial charge is 0.323 e. The van der Waals surface area contributed by atoms with E-state index in [4.69, 9.17) is 11.6 Å². The van der Waals surface area contributed by atoms with E-state index < -0.39 is 6.03 Å². The van der Waals surface area contributed by atoms with Crippen LogP contribution in [0.15, 0.2) is 48.5 Å². The normalized spacial score (nSPS) is 14.1. The van der Waals surface area contributed by atoms with Crippen molar-refractivity contribution in [2.24, 2.45) is 0 Å². The van der Waals surface area contributed by atoms with Crippen LogP contribution in [0, 0.1) is 0 Å². The number of amides is 3. The number of para-hydroxylation sites is 1. The van der Waals surface area contributed by atoms with Crippen LogP contribution in [-0.2, 0) is 0 Å². The van der Waals surface area contributed by atoms with Crippen LogP contribution in [0.3, 0.4) is 0 Å². The Bertz CT molecular complexity index is 756. The first-order valence-corrected chi connectivity index (χ1v) is 8.73. The van der Waals surface area contributed by atoms with Crippen LogP contribution in [0.2, 0.25) is 5.02 Å². The van der Waals surface area contributed by atoms with E-state index in [2.05, 4.69) is 16.0 Å². The van der Waals surface area contributed by atoms with Gasteiger partial charge in [0.1, 0.15) is 0 Å². The average Bonchev–Trinajstić information content (AvgIpc) is 3.10. The Labute approximate surface area is 151 Å². The number of benzene rings is 2. The molecule has 25 heavy (non-hydrogen) atoms. The summed E-state index contributed by atoms with van der Waals surface area (Å²) in [7, 11) is 0. The fourth-order valence-corrected chi connectivity index (χ4v) is 3.07. The van der Waals surface area contributed by atoms with E-state index >= 15 is 0 Å². The largest absolute Gasteiger partial charge is 0.349 e. The molecular formula is C19H20ClN3O2. The van der Waals surface area contributed by atoms with E-state index in [1.165, 1.54) is 12.8 Å². The Balaban J connectivity index is 1.55. The molecule has 130 valence electrons. The molecule has 0 unspecified atom stereocenters. The molecule has 1 aliphatic carbocycles. The van der Waals surface area contributed by atoms with Gasteiger partial charge in [-0.1, -0.05) is 36.6 Å². The third-order valence-electron chi connectivity index (χ3n) is 4.22. The maximum Gasteiger partial charge on any atom is 0.323 e. The highest BCUT2D eigenvalue weighted by Gasteiger charge is 2.17. The van der Waals surface area contributed by atoms with Crippen LogP contribution in [0.25, 0.3) is 0 Å². The van der Waals surface area contributed by atoms with E-state index in [-0.39, 0.29) is 11.9 Å². The summed E-state index contributed by atoms with van der Waals surface area (Å²) in [5.41, 5.74) is 1.72. The van der Waals surface area contributed by atoms with Crippen molar-refractivity contribution in [2.75, 3.05) is 10.6 Å². The molecule has 5 nitrogen and oxygen atoms in total. The number of carbonyl (C=O) groups excluding carboxylic acids is 2. The predicted octanol–water partition coefficient (Wildman–Crippen LogP) is 4.66. The van der Waals surface area contributed by atoms with Gasteiger partial charge in [-0.25, -0.2) is 4.79 Å². The van der Waals surface area contributed by atoms with Gasteiger partial charge in [-0.3, -0.25) is 4.79 Å². The zero-order valence-corrected chi connectivity index (χ0v) is 14.5. The number of urea groups is 1. The second-order valence-electron chi connectivity index (χ2n) is 6.09. The van der Waals surface area contributed by atoms with Gasteiger partial charge in [0.25, 0.3) is 5.91 Å². The van der Waals surface area contributed by atoms with Gasteiger partial charge in [-0.05, 0) is 49.2 Å². The quantitative estimate of drug-likeness (QED) is 0.745. The molecule has 0 saturated heterocycles. The van der Waals surface area contributed by atoms with Gasteiger partial charge >= 0.3 is 6.03 Å². The van der Waals surface area contributed by atoms with Crippen molar-refractivity contribution < 1.29 is 9.59 Å². The molecule has 0 aromatic heterocycles. The van der Waals surface area contributed by atoms with Crippen LogP contribution in [-0.4, -0.2) is 18.0 Å². The fourth-order valence-electron chi connectivity index (χ4n) is 2.89. The lowest BCUT2D eigenvalue weighted by atomic mass is 10.1. The first-order valence-electron chi connectivity index (χ1n) is 8.35. The lowest BCUT2D eigenvalue weighted by Crippen LogP contribution is -2.32. The van der Waals surface area contributed by atoms with Gasteiger partial charge in [0.05, 0.1) is 10.7 Å². The lowest BCUT2D eigenvalue weighted by molar-refractivity contribution is 0.0938. The molecule has 3 N–H and O–H groups in total. The van der Waals surface area contributed by atoms with Crippen molar-refractivity contribution >= 4 is 34.9 Å². The number of anilines is 2. The molecule has 1 aliphatic rings. The zero-order chi connectivity index (χ0) is 17.6. The number of halogens is 1. The van der Waals surface area contributed by atoms with E-state index in [1.54, 1.807) is 48.5 Å². The number of hydrogen-bond donors (Lipinski definition) is 3. The summed E-state index contributed by atoms with van der Waals surface area (Å²) in [6, 6.07) is 13.7. The van der Waals surface area contributed by atoms with Crippen LogP contribution in [0.4, 0.5) is 16.2 Å². The van der Waals surface area contributed by atoms with E-state index in [9.17, 15) is 9.59 Å². The van der Waals surface area contributed by atoms with Crippen LogP contribution >= 0.6 is 11.6 Å². The molecule has 1 fully saturated rings. The van der Waals surface area contributed by atoms with Crippen molar-refractivity contribution in [3.8, 4) is 0 Å². The van der Waals surface area contributed by atoms with Gasteiger partial charge in [-0.15, -0.1) is 0 Å². The molecule has 6 heteroatoms. The Morgan fingerprint density at radius 2 is 1.60 bits per heavy atom. The molecule has 0 radical (unpaired) electrons. The molecule has 2 aromatic carbocycles. The van der Waals surface area contributed by atoms with Crippen molar-refractivity contribution in [3.05, 3.63) is 59.1 Å². The summed E-state index contributed by atoms with van der Waals surface area (Å²) in [5.74, 6) is -0.0704. The fraction of sp³-hybridized carbons (Fsp3) is 0.263. The minimum Gasteiger partial charge on any atom is -0.349 e. The number of rotatable bonds is 4. The molecule has 0 spiro atoms. The molecule has 3 rings (SSSR count). The molecule has 2 aromatic rings. The van der Waals surface area contributed by atoms with Gasteiger partial charge in [-0.2, -0.15) is 0 Å². The summed E-state index contributed by atoms with van der Waals surface area (Å²) in [5, 5.41) is 8.91. The summed E-state index contributed by atoms with van der Waals surface area (Å²) >= 11 is 6.01. The molecule has 0 aliphatic heterocycles. The van der Waals surface area contributed by atoms with E-state index in [0.29, 0.717) is 22.0 Å². The van der Waals surface area contributed by atoms with Gasteiger partial charge in [0.15, 0.2) is 0 Å². The van der Waals surface area contributed by atoms with Crippen molar-refractivity contribution in [2.45, 2.75) is 31.7 Å². The number of carbonyl (C=O) groups is 2. The van der Waals surface area contributed by atoms with Gasteiger partial charge in [0, 0.05) is 17.3 Å². The zero-order valence-electron chi connectivity index (χ0n) is 13.7. The predicted molar refractivity (Wildman–Crippen MR) is 100 cm³/mol. The van der Waals surface area contributed by atoms with Crippen molar-refractivity contribution in [3.63, 3.8) is 0 Å². The highest BCUT2D eigenvalue weighted by atomic mass is 35.5. The van der Waals surface area contributed by atoms with Crippen molar-refractivity contribution in [1.82, 2.24) is 5.32 Å². The second-order valence-corrected chi connectivity index (χ2v) is 6.50.